The molecule has 0 atom stereocenters. The Morgan fingerprint density at radius 3 is 2.36 bits per heavy atom. The topological polar surface area (TPSA) is 3.24 Å². The molecule has 0 saturated carbocycles. The third-order valence-corrected chi connectivity index (χ3v) is 2.38. The second-order valence-corrected chi connectivity index (χ2v) is 3.41. The van der Waals surface area contributed by atoms with Gasteiger partial charge in [0.1, 0.15) is 0 Å². The van der Waals surface area contributed by atoms with E-state index in [1.54, 1.807) is 0 Å². The summed E-state index contributed by atoms with van der Waals surface area (Å²) in [5.41, 5.74) is 1.41. The lowest BCUT2D eigenvalue weighted by Gasteiger charge is -2.33. The summed E-state index contributed by atoms with van der Waals surface area (Å²) in [6.45, 7) is 1.98. The van der Waals surface area contributed by atoms with Crippen molar-refractivity contribution < 1.29 is 0 Å². The number of hydrogen-bond donors (Lipinski definition) is 0. The second-order valence-electron chi connectivity index (χ2n) is 2.94. The molecular formula is C9H10ClN. The summed E-state index contributed by atoms with van der Waals surface area (Å²) in [6, 6.07) is 10.5. The first-order chi connectivity index (χ1) is 5.36. The molecule has 1 nitrogen and oxygen atoms in total. The molecular weight excluding hydrogens is 158 g/mol. The largest absolute Gasteiger partial charge is 0.219 e. The van der Waals surface area contributed by atoms with Crippen molar-refractivity contribution in [2.75, 3.05) is 13.1 Å². The molecule has 0 aliphatic carbocycles. The van der Waals surface area contributed by atoms with Crippen LogP contribution in [-0.2, 0) is 0 Å². The van der Waals surface area contributed by atoms with Crippen LogP contribution >= 0.6 is 11.8 Å². The Hall–Kier alpha value is -0.530. The van der Waals surface area contributed by atoms with Gasteiger partial charge in [0.25, 0.3) is 0 Å². The fourth-order valence-electron chi connectivity index (χ4n) is 1.36. The van der Waals surface area contributed by atoms with Gasteiger partial charge in [-0.2, -0.15) is 0 Å². The highest BCUT2D eigenvalue weighted by Crippen LogP contribution is 2.27. The number of hydrogen-bond acceptors (Lipinski definition) is 1. The third kappa shape index (κ3) is 1.39. The summed E-state index contributed by atoms with van der Waals surface area (Å²) in [7, 11) is 0. The molecule has 0 N–H and O–H groups in total. The molecule has 0 unspecified atom stereocenters. The number of benzene rings is 1. The SMILES string of the molecule is ClN1CC(c2ccccc2)C1. The van der Waals surface area contributed by atoms with Crippen molar-refractivity contribution in [3.63, 3.8) is 0 Å². The summed E-state index contributed by atoms with van der Waals surface area (Å²) in [4.78, 5) is 0. The number of halogens is 1. The van der Waals surface area contributed by atoms with Crippen LogP contribution in [0.2, 0.25) is 0 Å². The molecule has 0 bridgehead atoms. The van der Waals surface area contributed by atoms with Crippen LogP contribution in [0.4, 0.5) is 0 Å². The average Bonchev–Trinajstić information content (AvgIpc) is 2.01. The van der Waals surface area contributed by atoms with Crippen LogP contribution in [0.3, 0.4) is 0 Å². The minimum absolute atomic E-state index is 0.661. The molecule has 2 rings (SSSR count). The smallest absolute Gasteiger partial charge is 0.0221 e. The van der Waals surface area contributed by atoms with Gasteiger partial charge in [0, 0.05) is 19.0 Å². The lowest BCUT2D eigenvalue weighted by Crippen LogP contribution is -2.37. The lowest BCUT2D eigenvalue weighted by molar-refractivity contribution is 0.278. The van der Waals surface area contributed by atoms with Crippen LogP contribution in [0.5, 0.6) is 0 Å². The van der Waals surface area contributed by atoms with Gasteiger partial charge in [-0.1, -0.05) is 30.3 Å². The van der Waals surface area contributed by atoms with Crippen LogP contribution in [-0.4, -0.2) is 17.5 Å². The van der Waals surface area contributed by atoms with Crippen molar-refractivity contribution in [2.45, 2.75) is 5.92 Å². The molecule has 1 aliphatic rings. The van der Waals surface area contributed by atoms with Crippen molar-refractivity contribution in [2.24, 2.45) is 0 Å². The van der Waals surface area contributed by atoms with Crippen molar-refractivity contribution in [1.82, 2.24) is 4.42 Å². The van der Waals surface area contributed by atoms with E-state index in [-0.39, 0.29) is 0 Å². The minimum Gasteiger partial charge on any atom is -0.219 e. The molecule has 0 radical (unpaired) electrons. The first-order valence-corrected chi connectivity index (χ1v) is 4.16. The Bertz CT molecular complexity index is 229. The van der Waals surface area contributed by atoms with Gasteiger partial charge in [0.05, 0.1) is 0 Å². The van der Waals surface area contributed by atoms with Gasteiger partial charge in [-0.05, 0) is 17.3 Å². The molecule has 1 aliphatic heterocycles. The molecule has 1 fully saturated rings. The van der Waals surface area contributed by atoms with E-state index < -0.39 is 0 Å². The van der Waals surface area contributed by atoms with Crippen LogP contribution < -0.4 is 0 Å². The highest BCUT2D eigenvalue weighted by atomic mass is 35.5. The summed E-state index contributed by atoms with van der Waals surface area (Å²) in [6.07, 6.45) is 0. The third-order valence-electron chi connectivity index (χ3n) is 2.11. The molecule has 0 spiro atoms. The molecule has 1 heterocycles. The fraction of sp³-hybridized carbons (Fsp3) is 0.333. The van der Waals surface area contributed by atoms with Crippen LogP contribution in [0.25, 0.3) is 0 Å². The standard InChI is InChI=1S/C9H10ClN/c10-11-6-9(7-11)8-4-2-1-3-5-8/h1-5,9H,6-7H2. The van der Waals surface area contributed by atoms with E-state index in [9.17, 15) is 0 Å². The molecule has 11 heavy (non-hydrogen) atoms. The van der Waals surface area contributed by atoms with Gasteiger partial charge >= 0.3 is 0 Å². The molecule has 2 heteroatoms. The van der Waals surface area contributed by atoms with Crippen molar-refractivity contribution in [3.05, 3.63) is 35.9 Å². The van der Waals surface area contributed by atoms with Gasteiger partial charge in [-0.15, -0.1) is 0 Å². The highest BCUT2D eigenvalue weighted by Gasteiger charge is 2.25. The van der Waals surface area contributed by atoms with Crippen molar-refractivity contribution in [1.29, 1.82) is 0 Å². The van der Waals surface area contributed by atoms with E-state index in [1.165, 1.54) is 5.56 Å². The predicted octanol–water partition coefficient (Wildman–Crippen LogP) is 2.24. The van der Waals surface area contributed by atoms with E-state index in [1.807, 2.05) is 10.5 Å². The number of rotatable bonds is 1. The monoisotopic (exact) mass is 167 g/mol. The molecule has 0 aromatic heterocycles. The fourth-order valence-corrected chi connectivity index (χ4v) is 1.69. The van der Waals surface area contributed by atoms with Gasteiger partial charge in [-0.25, -0.2) is 4.42 Å². The van der Waals surface area contributed by atoms with Crippen LogP contribution in [0.15, 0.2) is 30.3 Å². The zero-order valence-corrected chi connectivity index (χ0v) is 6.96. The Morgan fingerprint density at radius 1 is 1.18 bits per heavy atom. The molecule has 1 saturated heterocycles. The Labute approximate surface area is 71.7 Å². The summed E-state index contributed by atoms with van der Waals surface area (Å²) in [5, 5.41) is 0. The molecule has 1 aromatic rings. The maximum absolute atomic E-state index is 5.73. The van der Waals surface area contributed by atoms with Crippen molar-refractivity contribution in [3.8, 4) is 0 Å². The molecule has 1 aromatic carbocycles. The zero-order chi connectivity index (χ0) is 7.68. The van der Waals surface area contributed by atoms with Gasteiger partial charge < -0.3 is 0 Å². The van der Waals surface area contributed by atoms with E-state index >= 15 is 0 Å². The van der Waals surface area contributed by atoms with Crippen LogP contribution in [0.1, 0.15) is 11.5 Å². The van der Waals surface area contributed by atoms with Crippen LogP contribution in [0, 0.1) is 0 Å². The second kappa shape index (κ2) is 2.84. The molecule has 0 amide bonds. The normalized spacial score (nSPS) is 19.7. The minimum atomic E-state index is 0.661. The zero-order valence-electron chi connectivity index (χ0n) is 6.20. The van der Waals surface area contributed by atoms with Gasteiger partial charge in [-0.3, -0.25) is 0 Å². The first kappa shape index (κ1) is 7.14. The quantitative estimate of drug-likeness (QED) is 0.580. The Morgan fingerprint density at radius 2 is 1.82 bits per heavy atom. The maximum Gasteiger partial charge on any atom is 0.0221 e. The average molecular weight is 168 g/mol. The van der Waals surface area contributed by atoms with Gasteiger partial charge in [0.2, 0.25) is 0 Å². The predicted molar refractivity (Wildman–Crippen MR) is 46.6 cm³/mol. The number of nitrogens with zero attached hydrogens (tertiary/aromatic N) is 1. The van der Waals surface area contributed by atoms with E-state index in [4.69, 9.17) is 11.8 Å². The Balaban J connectivity index is 2.08. The maximum atomic E-state index is 5.73. The Kier molecular flexibility index (Phi) is 1.84. The van der Waals surface area contributed by atoms with E-state index in [0.717, 1.165) is 13.1 Å². The summed E-state index contributed by atoms with van der Waals surface area (Å²) < 4.78 is 1.82. The summed E-state index contributed by atoms with van der Waals surface area (Å²) >= 11 is 5.73. The van der Waals surface area contributed by atoms with E-state index in [0.29, 0.717) is 5.92 Å². The van der Waals surface area contributed by atoms with E-state index in [2.05, 4.69) is 24.3 Å². The van der Waals surface area contributed by atoms with Crippen molar-refractivity contribution >= 4 is 11.8 Å². The summed E-state index contributed by atoms with van der Waals surface area (Å²) in [5.74, 6) is 0.661. The highest BCUT2D eigenvalue weighted by molar-refractivity contribution is 6.13. The molecule has 58 valence electrons. The van der Waals surface area contributed by atoms with Gasteiger partial charge in [0.15, 0.2) is 0 Å². The lowest BCUT2D eigenvalue weighted by atomic mass is 9.94. The first-order valence-electron chi connectivity index (χ1n) is 3.82.